The molecule has 0 radical (unpaired) electrons. The highest BCUT2D eigenvalue weighted by Gasteiger charge is 2.64. The molecule has 1 aromatic carbocycles. The van der Waals surface area contributed by atoms with Gasteiger partial charge >= 0.3 is 5.97 Å². The molecule has 3 nitrogen and oxygen atoms in total. The molecule has 3 aliphatic rings. The molecule has 2 saturated carbocycles. The van der Waals surface area contributed by atoms with E-state index < -0.39 is 0 Å². The second-order valence-electron chi connectivity index (χ2n) is 7.32. The van der Waals surface area contributed by atoms with Crippen LogP contribution in [-0.4, -0.2) is 18.2 Å². The molecule has 3 heteroatoms. The minimum atomic E-state index is -0.0548. The third kappa shape index (κ3) is 2.18. The molecule has 0 amide bonds. The Labute approximate surface area is 132 Å². The van der Waals surface area contributed by atoms with E-state index in [-0.39, 0.29) is 11.9 Å². The molecule has 0 N–H and O–H groups in total. The maximum absolute atomic E-state index is 12.5. The average Bonchev–Trinajstić information content (AvgIpc) is 3.12. The van der Waals surface area contributed by atoms with Crippen molar-refractivity contribution >= 4 is 5.97 Å². The molecule has 4 rings (SSSR count). The Hall–Kier alpha value is -1.35. The predicted octanol–water partition coefficient (Wildman–Crippen LogP) is 3.84. The summed E-state index contributed by atoms with van der Waals surface area (Å²) in [6, 6.07) is 6.20. The van der Waals surface area contributed by atoms with E-state index in [1.165, 1.54) is 5.56 Å². The van der Waals surface area contributed by atoms with Gasteiger partial charge in [0.2, 0.25) is 0 Å². The molecule has 1 aromatic rings. The van der Waals surface area contributed by atoms with Crippen LogP contribution in [0.3, 0.4) is 0 Å². The van der Waals surface area contributed by atoms with E-state index in [2.05, 4.69) is 26.0 Å². The van der Waals surface area contributed by atoms with Crippen LogP contribution < -0.4 is 4.74 Å². The van der Waals surface area contributed by atoms with Crippen LogP contribution in [0.4, 0.5) is 0 Å². The largest absolute Gasteiger partial charge is 0.426 e. The number of rotatable bonds is 4. The summed E-state index contributed by atoms with van der Waals surface area (Å²) >= 11 is 0. The van der Waals surface area contributed by atoms with Crippen molar-refractivity contribution in [2.24, 2.45) is 17.8 Å². The van der Waals surface area contributed by atoms with Crippen molar-refractivity contribution in [3.8, 4) is 5.75 Å². The quantitative estimate of drug-likeness (QED) is 0.482. The number of fused-ring (bicyclic) bond motifs is 5. The van der Waals surface area contributed by atoms with E-state index >= 15 is 0 Å². The van der Waals surface area contributed by atoms with Crippen LogP contribution in [0.1, 0.15) is 50.2 Å². The number of hydrogen-bond acceptors (Lipinski definition) is 3. The molecule has 2 aliphatic carbocycles. The van der Waals surface area contributed by atoms with Gasteiger partial charge in [0, 0.05) is 5.92 Å². The van der Waals surface area contributed by atoms with E-state index in [0.29, 0.717) is 35.7 Å². The number of benzene rings is 1. The number of carbonyl (C=O) groups is 1. The molecule has 1 saturated heterocycles. The van der Waals surface area contributed by atoms with Crippen molar-refractivity contribution in [1.82, 2.24) is 0 Å². The lowest BCUT2D eigenvalue weighted by molar-refractivity contribution is -0.140. The van der Waals surface area contributed by atoms with Gasteiger partial charge in [-0.3, -0.25) is 4.79 Å². The molecular formula is C19H24O3. The zero-order chi connectivity index (χ0) is 15.4. The summed E-state index contributed by atoms with van der Waals surface area (Å²) in [5.41, 5.74) is 2.36. The van der Waals surface area contributed by atoms with Crippen molar-refractivity contribution < 1.29 is 14.3 Å². The number of epoxide rings is 1. The highest BCUT2D eigenvalue weighted by molar-refractivity contribution is 5.76. The normalized spacial score (nSPS) is 36.0. The second kappa shape index (κ2) is 5.09. The first kappa shape index (κ1) is 14.3. The maximum Gasteiger partial charge on any atom is 0.314 e. The number of carbonyl (C=O) groups excluding carboxylic acids is 1. The van der Waals surface area contributed by atoms with E-state index in [4.69, 9.17) is 9.47 Å². The summed E-state index contributed by atoms with van der Waals surface area (Å²) in [5, 5.41) is 0. The Morgan fingerprint density at radius 3 is 2.82 bits per heavy atom. The number of esters is 1. The Morgan fingerprint density at radius 2 is 2.18 bits per heavy atom. The van der Waals surface area contributed by atoms with Crippen LogP contribution in [0.5, 0.6) is 5.75 Å². The monoisotopic (exact) mass is 300 g/mol. The van der Waals surface area contributed by atoms with Gasteiger partial charge in [-0.05, 0) is 55.2 Å². The van der Waals surface area contributed by atoms with Crippen molar-refractivity contribution in [2.75, 3.05) is 0 Å². The molecule has 1 aliphatic heterocycles. The SMILES string of the molecule is CCC(C)c1ccc(OC(=O)C2CC3CC2C2OC32)c(C)c1. The summed E-state index contributed by atoms with van der Waals surface area (Å²) < 4.78 is 11.4. The van der Waals surface area contributed by atoms with Crippen LogP contribution in [0.25, 0.3) is 0 Å². The summed E-state index contributed by atoms with van der Waals surface area (Å²) in [4.78, 5) is 12.5. The van der Waals surface area contributed by atoms with E-state index in [1.807, 2.05) is 13.0 Å². The number of hydrogen-bond donors (Lipinski definition) is 0. The van der Waals surface area contributed by atoms with Crippen LogP contribution in [0.15, 0.2) is 18.2 Å². The first-order valence-electron chi connectivity index (χ1n) is 8.56. The van der Waals surface area contributed by atoms with Gasteiger partial charge in [-0.25, -0.2) is 0 Å². The smallest absolute Gasteiger partial charge is 0.314 e. The topological polar surface area (TPSA) is 38.8 Å². The van der Waals surface area contributed by atoms with Crippen molar-refractivity contribution in [3.05, 3.63) is 29.3 Å². The highest BCUT2D eigenvalue weighted by Crippen LogP contribution is 2.59. The van der Waals surface area contributed by atoms with E-state index in [1.54, 1.807) is 0 Å². The van der Waals surface area contributed by atoms with Gasteiger partial charge in [-0.15, -0.1) is 0 Å². The van der Waals surface area contributed by atoms with Gasteiger partial charge < -0.3 is 9.47 Å². The van der Waals surface area contributed by atoms with Gasteiger partial charge in [0.25, 0.3) is 0 Å². The Morgan fingerprint density at radius 1 is 1.36 bits per heavy atom. The second-order valence-corrected chi connectivity index (χ2v) is 7.32. The third-order valence-corrected chi connectivity index (χ3v) is 5.99. The Bertz CT molecular complexity index is 609. The van der Waals surface area contributed by atoms with Gasteiger partial charge in [0.1, 0.15) is 5.75 Å². The Balaban J connectivity index is 1.46. The van der Waals surface area contributed by atoms with E-state index in [9.17, 15) is 4.79 Å². The van der Waals surface area contributed by atoms with Gasteiger partial charge in [-0.1, -0.05) is 26.0 Å². The average molecular weight is 300 g/mol. The molecule has 2 bridgehead atoms. The fourth-order valence-electron chi connectivity index (χ4n) is 4.39. The van der Waals surface area contributed by atoms with Crippen LogP contribution in [-0.2, 0) is 9.53 Å². The lowest BCUT2D eigenvalue weighted by atomic mass is 9.89. The molecule has 22 heavy (non-hydrogen) atoms. The lowest BCUT2D eigenvalue weighted by Crippen LogP contribution is -2.29. The Kier molecular flexibility index (Phi) is 3.30. The number of aryl methyl sites for hydroxylation is 1. The molecule has 3 fully saturated rings. The molecule has 0 aromatic heterocycles. The minimum absolute atomic E-state index is 0.0439. The summed E-state index contributed by atoms with van der Waals surface area (Å²) in [7, 11) is 0. The molecule has 6 unspecified atom stereocenters. The summed E-state index contributed by atoms with van der Waals surface area (Å²) in [6.45, 7) is 6.44. The fraction of sp³-hybridized carbons (Fsp3) is 0.632. The van der Waals surface area contributed by atoms with Crippen molar-refractivity contribution in [1.29, 1.82) is 0 Å². The highest BCUT2D eigenvalue weighted by atomic mass is 16.6. The molecular weight excluding hydrogens is 276 g/mol. The lowest BCUT2D eigenvalue weighted by Gasteiger charge is -2.19. The van der Waals surface area contributed by atoms with Gasteiger partial charge in [0.05, 0.1) is 18.1 Å². The molecule has 118 valence electrons. The van der Waals surface area contributed by atoms with Gasteiger partial charge in [0.15, 0.2) is 0 Å². The molecule has 1 heterocycles. The van der Waals surface area contributed by atoms with Crippen molar-refractivity contribution in [2.45, 2.75) is 58.2 Å². The predicted molar refractivity (Wildman–Crippen MR) is 83.9 cm³/mol. The first-order chi connectivity index (χ1) is 10.6. The summed E-state index contributed by atoms with van der Waals surface area (Å²) in [6.07, 6.45) is 4.04. The standard InChI is InChI=1S/C19H24O3/c1-4-10(2)12-5-6-16(11(3)7-12)21-19(20)15-9-13-8-14(15)18-17(13)22-18/h5-7,10,13-15,17-18H,4,8-9H2,1-3H3. The first-order valence-corrected chi connectivity index (χ1v) is 8.56. The zero-order valence-electron chi connectivity index (χ0n) is 13.5. The zero-order valence-corrected chi connectivity index (χ0v) is 13.5. The van der Waals surface area contributed by atoms with Crippen LogP contribution in [0.2, 0.25) is 0 Å². The van der Waals surface area contributed by atoms with Crippen LogP contribution in [0, 0.1) is 24.7 Å². The third-order valence-electron chi connectivity index (χ3n) is 5.99. The van der Waals surface area contributed by atoms with E-state index in [0.717, 1.165) is 24.8 Å². The molecule has 6 atom stereocenters. The van der Waals surface area contributed by atoms with Crippen molar-refractivity contribution in [3.63, 3.8) is 0 Å². The number of ether oxygens (including phenoxy) is 2. The fourth-order valence-corrected chi connectivity index (χ4v) is 4.39. The minimum Gasteiger partial charge on any atom is -0.426 e. The molecule has 0 spiro atoms. The summed E-state index contributed by atoms with van der Waals surface area (Å²) in [5.74, 6) is 2.25. The van der Waals surface area contributed by atoms with Gasteiger partial charge in [-0.2, -0.15) is 0 Å². The van der Waals surface area contributed by atoms with Crippen LogP contribution >= 0.6 is 0 Å². The maximum atomic E-state index is 12.5.